The third kappa shape index (κ3) is 19.8. The van der Waals surface area contributed by atoms with Crippen molar-refractivity contribution in [1.82, 2.24) is 0 Å². The lowest BCUT2D eigenvalue weighted by molar-refractivity contribution is -0.400. The molecule has 86 heavy (non-hydrogen) atoms. The van der Waals surface area contributed by atoms with Crippen LogP contribution in [0.4, 0.5) is 0 Å². The molecule has 500 valence electrons. The fourth-order valence-electron chi connectivity index (χ4n) is 12.0. The van der Waals surface area contributed by atoms with E-state index in [1.807, 2.05) is 6.92 Å². The number of fused-ring (bicyclic) bond motifs is 2. The van der Waals surface area contributed by atoms with Gasteiger partial charge in [0.2, 0.25) is 0 Å². The maximum absolute atomic E-state index is 14.3. The van der Waals surface area contributed by atoms with Gasteiger partial charge in [-0.3, -0.25) is 14.4 Å². The smallest absolute Gasteiger partial charge is 0.309 e. The summed E-state index contributed by atoms with van der Waals surface area (Å²) in [6.07, 6.45) is -23.1. The Bertz CT molecular complexity index is 1970. The van der Waals surface area contributed by atoms with E-state index in [-0.39, 0.29) is 18.9 Å². The number of esters is 3. The van der Waals surface area contributed by atoms with Gasteiger partial charge in [0.15, 0.2) is 49.8 Å². The average Bonchev–Trinajstić information content (AvgIpc) is 0.928. The zero-order chi connectivity index (χ0) is 62.8. The number of hydrogen-bond donors (Lipinski definition) is 9. The minimum atomic E-state index is -2.01. The van der Waals surface area contributed by atoms with E-state index in [2.05, 4.69) is 6.92 Å². The standard InChI is InChI=1S/C61H106O25/c1-9-12-13-14-15-16-19-22-26-30-40(64)81-55-54(86-58-46(70)43(67)42(66)38(31-62)79-58)51(84-57-47(71)45(69)49(34(6)75-57)82-56(73)32(4)11-3)36(8)77-61(55)83-50-35(7)76-60-53(48(50)72)80-39(63)29-25-23-20-17-18-21-24-28-37(27-10-2)78-59-52(85-60)44(68)41(65)33(5)74-59/h32-38,41-55,57-62,65-72H,9-31H2,1-8H3/t32-,33+,34-,35-,36-,37-,38+,41+,42+,43-,44-,45-,46+,47+,48+,49-,50-,51-,52+,53+,54+,55+,57-,58-,59-,60-,61-/m0/s1. The van der Waals surface area contributed by atoms with Gasteiger partial charge in [-0.05, 0) is 59.8 Å². The van der Waals surface area contributed by atoms with E-state index in [1.54, 1.807) is 20.8 Å². The van der Waals surface area contributed by atoms with Gasteiger partial charge < -0.3 is 108 Å². The normalized spacial score (nSPS) is 42.0. The molecule has 0 radical (unpaired) electrons. The fraction of sp³-hybridized carbons (Fsp3) is 0.951. The van der Waals surface area contributed by atoms with E-state index in [1.165, 1.54) is 20.8 Å². The molecule has 6 rings (SSSR count). The zero-order valence-corrected chi connectivity index (χ0v) is 51.9. The third-order valence-corrected chi connectivity index (χ3v) is 17.7. The lowest BCUT2D eigenvalue weighted by atomic mass is 9.95. The number of ether oxygens (including phenoxy) is 13. The topological polar surface area (TPSA) is 353 Å². The maximum Gasteiger partial charge on any atom is 0.309 e. The van der Waals surface area contributed by atoms with Crippen LogP contribution in [-0.4, -0.2) is 230 Å². The van der Waals surface area contributed by atoms with Crippen LogP contribution in [0.25, 0.3) is 0 Å². The highest BCUT2D eigenvalue weighted by molar-refractivity contribution is 5.72. The number of aliphatic hydroxyl groups excluding tert-OH is 9. The molecule has 0 aromatic carbocycles. The van der Waals surface area contributed by atoms with E-state index in [0.717, 1.165) is 89.9 Å². The van der Waals surface area contributed by atoms with Crippen molar-refractivity contribution >= 4 is 17.9 Å². The summed E-state index contributed by atoms with van der Waals surface area (Å²) >= 11 is 0. The highest BCUT2D eigenvalue weighted by atomic mass is 16.8. The van der Waals surface area contributed by atoms with Crippen molar-refractivity contribution in [3.8, 4) is 0 Å². The van der Waals surface area contributed by atoms with Gasteiger partial charge >= 0.3 is 17.9 Å². The Balaban J connectivity index is 1.35. The number of aliphatic hydroxyl groups is 9. The Kier molecular flexibility index (Phi) is 30.5. The summed E-state index contributed by atoms with van der Waals surface area (Å²) in [7, 11) is 0. The van der Waals surface area contributed by atoms with E-state index in [0.29, 0.717) is 38.5 Å². The van der Waals surface area contributed by atoms with E-state index in [4.69, 9.17) is 61.6 Å². The quantitative estimate of drug-likeness (QED) is 0.0401. The second-order valence-electron chi connectivity index (χ2n) is 24.6. The van der Waals surface area contributed by atoms with Crippen molar-refractivity contribution in [3.63, 3.8) is 0 Å². The minimum absolute atomic E-state index is 0.0372. The van der Waals surface area contributed by atoms with E-state index < -0.39 is 184 Å². The highest BCUT2D eigenvalue weighted by Crippen LogP contribution is 2.39. The molecule has 0 amide bonds. The van der Waals surface area contributed by atoms with Gasteiger partial charge in [0.05, 0.1) is 43.0 Å². The first kappa shape index (κ1) is 72.7. The predicted molar refractivity (Wildman–Crippen MR) is 303 cm³/mol. The van der Waals surface area contributed by atoms with Crippen LogP contribution in [0.3, 0.4) is 0 Å². The Morgan fingerprint density at radius 1 is 0.500 bits per heavy atom. The molecule has 0 spiro atoms. The van der Waals surface area contributed by atoms with E-state index in [9.17, 15) is 60.3 Å². The van der Waals surface area contributed by atoms with Gasteiger partial charge in [0, 0.05) is 12.8 Å². The van der Waals surface area contributed by atoms with Crippen LogP contribution in [-0.2, 0) is 76.0 Å². The van der Waals surface area contributed by atoms with Crippen LogP contribution in [0, 0.1) is 5.92 Å². The monoisotopic (exact) mass is 1240 g/mol. The highest BCUT2D eigenvalue weighted by Gasteiger charge is 2.59. The molecule has 25 nitrogen and oxygen atoms in total. The van der Waals surface area contributed by atoms with Crippen LogP contribution < -0.4 is 0 Å². The molecule has 6 fully saturated rings. The van der Waals surface area contributed by atoms with Crippen LogP contribution in [0.15, 0.2) is 0 Å². The first-order chi connectivity index (χ1) is 41.1. The summed E-state index contributed by atoms with van der Waals surface area (Å²) in [5.74, 6) is -2.66. The number of hydrogen-bond acceptors (Lipinski definition) is 25. The van der Waals surface area contributed by atoms with Crippen molar-refractivity contribution in [1.29, 1.82) is 0 Å². The van der Waals surface area contributed by atoms with Gasteiger partial charge in [-0.15, -0.1) is 0 Å². The molecule has 6 aliphatic heterocycles. The number of unbranched alkanes of at least 4 members (excludes halogenated alkanes) is 8. The first-order valence-electron chi connectivity index (χ1n) is 32.3. The van der Waals surface area contributed by atoms with Crippen molar-refractivity contribution in [2.24, 2.45) is 5.92 Å². The lowest BCUT2D eigenvalue weighted by Crippen LogP contribution is -2.68. The minimum Gasteiger partial charge on any atom is -0.457 e. The summed E-state index contributed by atoms with van der Waals surface area (Å²) in [6.45, 7) is 12.9. The molecular formula is C61H106O25. The van der Waals surface area contributed by atoms with Gasteiger partial charge in [-0.25, -0.2) is 0 Å². The molecule has 0 bridgehead atoms. The maximum atomic E-state index is 14.3. The molecule has 27 atom stereocenters. The summed E-state index contributed by atoms with van der Waals surface area (Å²) in [5, 5.41) is 102. The molecule has 9 N–H and O–H groups in total. The van der Waals surface area contributed by atoms with E-state index >= 15 is 0 Å². The summed E-state index contributed by atoms with van der Waals surface area (Å²) in [4.78, 5) is 41.1. The second-order valence-corrected chi connectivity index (χ2v) is 24.6. The van der Waals surface area contributed by atoms with Crippen LogP contribution >= 0.6 is 0 Å². The predicted octanol–water partition coefficient (Wildman–Crippen LogP) is 3.52. The van der Waals surface area contributed by atoms with Crippen LogP contribution in [0.1, 0.15) is 197 Å². The molecule has 6 aliphatic rings. The van der Waals surface area contributed by atoms with Gasteiger partial charge in [-0.2, -0.15) is 0 Å². The molecule has 6 saturated heterocycles. The molecule has 25 heteroatoms. The van der Waals surface area contributed by atoms with Crippen molar-refractivity contribution in [2.45, 2.75) is 356 Å². The van der Waals surface area contributed by atoms with Crippen LogP contribution in [0.2, 0.25) is 0 Å². The number of rotatable bonds is 23. The summed E-state index contributed by atoms with van der Waals surface area (Å²) in [6, 6.07) is 0. The first-order valence-corrected chi connectivity index (χ1v) is 32.3. The molecular weight excluding hydrogens is 1130 g/mol. The largest absolute Gasteiger partial charge is 0.457 e. The Morgan fingerprint density at radius 3 is 1.72 bits per heavy atom. The molecule has 6 heterocycles. The molecule has 0 aliphatic carbocycles. The van der Waals surface area contributed by atoms with Crippen molar-refractivity contribution in [3.05, 3.63) is 0 Å². The zero-order valence-electron chi connectivity index (χ0n) is 51.9. The molecule has 0 saturated carbocycles. The van der Waals surface area contributed by atoms with Crippen LogP contribution in [0.5, 0.6) is 0 Å². The van der Waals surface area contributed by atoms with Crippen molar-refractivity contribution in [2.75, 3.05) is 6.61 Å². The van der Waals surface area contributed by atoms with Gasteiger partial charge in [-0.1, -0.05) is 124 Å². The van der Waals surface area contributed by atoms with Gasteiger partial charge in [0.1, 0.15) is 79.4 Å². The summed E-state index contributed by atoms with van der Waals surface area (Å²) in [5.41, 5.74) is 0. The Labute approximate surface area is 507 Å². The third-order valence-electron chi connectivity index (χ3n) is 17.7. The molecule has 0 aromatic heterocycles. The SMILES string of the molecule is CCCCCCCCCCCC(=O)O[C@H]1[C@H](O[C@@H]2[C@@H](O)[C@H]3OC(=O)CCCCCCCCC[C@H](CCC)O[C@@H]4O[C@H](C)[C@@H](O)[C@H](O)[C@H]4O[C@@H]3O[C@H]2C)O[C@@H](C)[C@H](O[C@@H]2O[C@@H](C)[C@H](OC(=O)[C@@H](C)CC)[C@@H](O)[C@H]2O)[C@H]1O[C@@H]1O[C@H](CO)[C@@H](O)[C@H](O)[C@H]1O. The molecule has 0 unspecified atom stereocenters. The van der Waals surface area contributed by atoms with Gasteiger partial charge in [0.25, 0.3) is 0 Å². The second kappa shape index (κ2) is 36.0. The number of carbonyl (C=O) groups is 3. The lowest BCUT2D eigenvalue weighted by Gasteiger charge is -2.51. The Hall–Kier alpha value is -2.35. The Morgan fingerprint density at radius 2 is 1.06 bits per heavy atom. The average molecular weight is 1240 g/mol. The summed E-state index contributed by atoms with van der Waals surface area (Å²) < 4.78 is 81.7. The van der Waals surface area contributed by atoms with Crippen molar-refractivity contribution < 1.29 is 122 Å². The number of carbonyl (C=O) groups excluding carboxylic acids is 3. The molecule has 0 aromatic rings. The fourth-order valence-corrected chi connectivity index (χ4v) is 12.0.